The minimum Gasteiger partial charge on any atom is -0.504 e. The number of carbonyl (C=O) groups is 2. The van der Waals surface area contributed by atoms with Crippen molar-refractivity contribution in [1.29, 1.82) is 0 Å². The summed E-state index contributed by atoms with van der Waals surface area (Å²) >= 11 is 0. The van der Waals surface area contributed by atoms with Gasteiger partial charge in [-0.25, -0.2) is 9.59 Å². The van der Waals surface area contributed by atoms with E-state index < -0.39 is 18.0 Å². The van der Waals surface area contributed by atoms with E-state index in [-0.39, 0.29) is 35.5 Å². The number of hydrogen-bond acceptors (Lipinski definition) is 8. The molecular weight excluding hydrogens is 380 g/mol. The zero-order chi connectivity index (χ0) is 21.6. The summed E-state index contributed by atoms with van der Waals surface area (Å²) in [6, 6.07) is 8.34. The molecular formula is C21H22O8. The molecule has 0 fully saturated rings. The number of aromatic hydroxyl groups is 4. The van der Waals surface area contributed by atoms with E-state index in [2.05, 4.69) is 0 Å². The van der Waals surface area contributed by atoms with Crippen LogP contribution >= 0.6 is 0 Å². The normalized spacial score (nSPS) is 13.0. The van der Waals surface area contributed by atoms with Crippen molar-refractivity contribution >= 4 is 18.0 Å². The topological polar surface area (TPSA) is 134 Å². The number of carbonyl (C=O) groups excluding carboxylic acids is 2. The predicted molar refractivity (Wildman–Crippen MR) is 104 cm³/mol. The summed E-state index contributed by atoms with van der Waals surface area (Å²) in [5.41, 5.74) is 1.12. The highest BCUT2D eigenvalue weighted by Gasteiger charge is 2.20. The van der Waals surface area contributed by atoms with E-state index in [0.717, 1.165) is 6.08 Å². The molecule has 0 aliphatic carbocycles. The minimum absolute atomic E-state index is 0.00639. The molecule has 8 heteroatoms. The lowest BCUT2D eigenvalue weighted by Gasteiger charge is -2.16. The van der Waals surface area contributed by atoms with Crippen LogP contribution in [0.15, 0.2) is 42.5 Å². The third-order valence-electron chi connectivity index (χ3n) is 4.08. The van der Waals surface area contributed by atoms with Gasteiger partial charge in [0.25, 0.3) is 0 Å². The van der Waals surface area contributed by atoms with E-state index in [9.17, 15) is 30.0 Å². The molecule has 0 aliphatic heterocycles. The smallest absolute Gasteiger partial charge is 0.347 e. The number of esters is 2. The maximum atomic E-state index is 12.0. The van der Waals surface area contributed by atoms with Crippen LogP contribution in [0.25, 0.3) is 6.08 Å². The standard InChI is InChI=1S/C21H22O8/c1-12(15-5-7-17(23)19(25)10-15)11-28-21(27)13(2)29-20(26)8-4-14-3-6-16(22)18(24)9-14/h3-10,12-13,22-25H,11H2,1-2H3/b8-4+/t12-,13+/m0/s1. The van der Waals surface area contributed by atoms with Gasteiger partial charge in [0, 0.05) is 12.0 Å². The molecule has 154 valence electrons. The van der Waals surface area contributed by atoms with E-state index in [1.54, 1.807) is 13.0 Å². The first-order chi connectivity index (χ1) is 13.7. The third kappa shape index (κ3) is 6.17. The van der Waals surface area contributed by atoms with Gasteiger partial charge in [0.2, 0.25) is 0 Å². The minimum atomic E-state index is -1.14. The van der Waals surface area contributed by atoms with Crippen LogP contribution in [-0.4, -0.2) is 45.1 Å². The molecule has 2 rings (SSSR count). The lowest BCUT2D eigenvalue weighted by Crippen LogP contribution is -2.26. The van der Waals surface area contributed by atoms with Crippen LogP contribution < -0.4 is 0 Å². The quantitative estimate of drug-likeness (QED) is 0.316. The fourth-order valence-corrected chi connectivity index (χ4v) is 2.34. The number of rotatable bonds is 7. The molecule has 0 amide bonds. The number of ether oxygens (including phenoxy) is 2. The second kappa shape index (κ2) is 9.50. The lowest BCUT2D eigenvalue weighted by molar-refractivity contribution is -0.164. The van der Waals surface area contributed by atoms with Gasteiger partial charge in [0.05, 0.1) is 6.61 Å². The Morgan fingerprint density at radius 2 is 1.55 bits per heavy atom. The van der Waals surface area contributed by atoms with E-state index in [1.165, 1.54) is 43.3 Å². The summed E-state index contributed by atoms with van der Waals surface area (Å²) in [5.74, 6) is -2.88. The first-order valence-electron chi connectivity index (χ1n) is 8.76. The molecule has 29 heavy (non-hydrogen) atoms. The van der Waals surface area contributed by atoms with Gasteiger partial charge in [0.15, 0.2) is 29.1 Å². The van der Waals surface area contributed by atoms with E-state index in [0.29, 0.717) is 11.1 Å². The zero-order valence-electron chi connectivity index (χ0n) is 15.9. The summed E-state index contributed by atoms with van der Waals surface area (Å²) < 4.78 is 10.1. The van der Waals surface area contributed by atoms with E-state index >= 15 is 0 Å². The van der Waals surface area contributed by atoms with E-state index in [1.807, 2.05) is 0 Å². The summed E-state index contributed by atoms with van der Waals surface area (Å²) in [6.07, 6.45) is 1.30. The van der Waals surface area contributed by atoms with Crippen molar-refractivity contribution in [3.63, 3.8) is 0 Å². The van der Waals surface area contributed by atoms with Crippen molar-refractivity contribution in [2.45, 2.75) is 25.9 Å². The van der Waals surface area contributed by atoms with Crippen LogP contribution in [0, 0.1) is 0 Å². The molecule has 4 N–H and O–H groups in total. The van der Waals surface area contributed by atoms with Crippen LogP contribution in [0.2, 0.25) is 0 Å². The molecule has 0 aliphatic rings. The lowest BCUT2D eigenvalue weighted by atomic mass is 10.0. The van der Waals surface area contributed by atoms with Crippen molar-refractivity contribution in [3.8, 4) is 23.0 Å². The van der Waals surface area contributed by atoms with Crippen LogP contribution in [0.5, 0.6) is 23.0 Å². The van der Waals surface area contributed by atoms with Crippen molar-refractivity contribution < 1.29 is 39.5 Å². The van der Waals surface area contributed by atoms with Crippen LogP contribution in [0.4, 0.5) is 0 Å². The highest BCUT2D eigenvalue weighted by Crippen LogP contribution is 2.28. The molecule has 0 spiro atoms. The number of hydrogen-bond donors (Lipinski definition) is 4. The average molecular weight is 402 g/mol. The van der Waals surface area contributed by atoms with Crippen molar-refractivity contribution in [2.75, 3.05) is 6.61 Å². The molecule has 0 unspecified atom stereocenters. The largest absolute Gasteiger partial charge is 0.504 e. The summed E-state index contributed by atoms with van der Waals surface area (Å²) in [4.78, 5) is 23.8. The molecule has 0 radical (unpaired) electrons. The molecule has 0 saturated heterocycles. The van der Waals surface area contributed by atoms with Crippen molar-refractivity contribution in [1.82, 2.24) is 0 Å². The molecule has 0 heterocycles. The van der Waals surface area contributed by atoms with Crippen LogP contribution in [-0.2, 0) is 19.1 Å². The zero-order valence-corrected chi connectivity index (χ0v) is 15.9. The number of benzene rings is 2. The Morgan fingerprint density at radius 1 is 0.931 bits per heavy atom. The van der Waals surface area contributed by atoms with Gasteiger partial charge in [-0.05, 0) is 48.4 Å². The Bertz CT molecular complexity index is 919. The molecule has 0 saturated carbocycles. The Morgan fingerprint density at radius 3 is 2.17 bits per heavy atom. The Kier molecular flexibility index (Phi) is 7.08. The first-order valence-corrected chi connectivity index (χ1v) is 8.76. The first kappa shape index (κ1) is 21.6. The molecule has 2 aromatic rings. The molecule has 8 nitrogen and oxygen atoms in total. The predicted octanol–water partition coefficient (Wildman–Crippen LogP) is 2.80. The molecule has 0 bridgehead atoms. The van der Waals surface area contributed by atoms with Gasteiger partial charge in [-0.2, -0.15) is 0 Å². The summed E-state index contributed by atoms with van der Waals surface area (Å²) in [7, 11) is 0. The van der Waals surface area contributed by atoms with Crippen molar-refractivity contribution in [2.24, 2.45) is 0 Å². The number of phenols is 4. The monoisotopic (exact) mass is 402 g/mol. The van der Waals surface area contributed by atoms with Gasteiger partial charge in [-0.15, -0.1) is 0 Å². The number of phenolic OH excluding ortho intramolecular Hbond substituents is 4. The SMILES string of the molecule is C[C@@H](OC(=O)/C=C/c1ccc(O)c(O)c1)C(=O)OC[C@H](C)c1ccc(O)c(O)c1. The fraction of sp³-hybridized carbons (Fsp3) is 0.238. The maximum Gasteiger partial charge on any atom is 0.347 e. The third-order valence-corrected chi connectivity index (χ3v) is 4.08. The molecule has 0 aromatic heterocycles. The van der Waals surface area contributed by atoms with Crippen LogP contribution in [0.3, 0.4) is 0 Å². The summed E-state index contributed by atoms with van der Waals surface area (Å²) in [5, 5.41) is 37.5. The second-order valence-corrected chi connectivity index (χ2v) is 6.44. The molecule has 2 atom stereocenters. The maximum absolute atomic E-state index is 12.0. The molecule has 2 aromatic carbocycles. The van der Waals surface area contributed by atoms with E-state index in [4.69, 9.17) is 9.47 Å². The Balaban J connectivity index is 1.84. The highest BCUT2D eigenvalue weighted by atomic mass is 16.6. The van der Waals surface area contributed by atoms with Gasteiger partial charge < -0.3 is 29.9 Å². The van der Waals surface area contributed by atoms with Gasteiger partial charge in [-0.3, -0.25) is 0 Å². The van der Waals surface area contributed by atoms with Gasteiger partial charge in [0.1, 0.15) is 0 Å². The average Bonchev–Trinajstić information content (AvgIpc) is 2.68. The van der Waals surface area contributed by atoms with Crippen molar-refractivity contribution in [3.05, 3.63) is 53.6 Å². The highest BCUT2D eigenvalue weighted by molar-refractivity contribution is 5.89. The Hall–Kier alpha value is -3.68. The summed E-state index contributed by atoms with van der Waals surface area (Å²) in [6.45, 7) is 3.14. The second-order valence-electron chi connectivity index (χ2n) is 6.44. The van der Waals surface area contributed by atoms with Gasteiger partial charge in [-0.1, -0.05) is 19.1 Å². The van der Waals surface area contributed by atoms with Gasteiger partial charge >= 0.3 is 11.9 Å². The Labute approximate surface area is 167 Å². The van der Waals surface area contributed by atoms with Crippen LogP contribution in [0.1, 0.15) is 30.9 Å². The fourth-order valence-electron chi connectivity index (χ4n) is 2.34.